The summed E-state index contributed by atoms with van der Waals surface area (Å²) >= 11 is 9.16. The number of thioether (sulfide) groups is 1. The number of amides is 1. The van der Waals surface area contributed by atoms with Crippen molar-refractivity contribution >= 4 is 45.6 Å². The van der Waals surface area contributed by atoms with Crippen molar-refractivity contribution in [2.45, 2.75) is 19.2 Å². The molecule has 23 heavy (non-hydrogen) atoms. The van der Waals surface area contributed by atoms with Crippen molar-refractivity contribution < 1.29 is 4.79 Å². The first kappa shape index (κ1) is 16.3. The molecule has 5 nitrogen and oxygen atoms in total. The van der Waals surface area contributed by atoms with E-state index in [4.69, 9.17) is 11.6 Å². The van der Waals surface area contributed by atoms with Gasteiger partial charge in [-0.25, -0.2) is 9.50 Å². The molecular formula is C15H15ClN4OS2. The summed E-state index contributed by atoms with van der Waals surface area (Å²) in [6, 6.07) is 7.68. The monoisotopic (exact) mass is 366 g/mol. The van der Waals surface area contributed by atoms with Crippen molar-refractivity contribution in [3.05, 3.63) is 51.7 Å². The third-order valence-electron chi connectivity index (χ3n) is 3.11. The molecule has 0 fully saturated rings. The van der Waals surface area contributed by atoms with E-state index in [1.54, 1.807) is 16.3 Å². The molecule has 120 valence electrons. The summed E-state index contributed by atoms with van der Waals surface area (Å²) in [5.74, 6) is 1.10. The number of hydrogen-bond donors (Lipinski definition) is 1. The zero-order valence-electron chi connectivity index (χ0n) is 12.5. The third kappa shape index (κ3) is 4.25. The minimum atomic E-state index is -0.0115. The van der Waals surface area contributed by atoms with E-state index < -0.39 is 0 Å². The van der Waals surface area contributed by atoms with Gasteiger partial charge in [-0.1, -0.05) is 41.1 Å². The van der Waals surface area contributed by atoms with E-state index in [9.17, 15) is 4.79 Å². The van der Waals surface area contributed by atoms with Crippen LogP contribution in [0.1, 0.15) is 16.3 Å². The minimum Gasteiger partial charge on any atom is -0.350 e. The van der Waals surface area contributed by atoms with Gasteiger partial charge in [0.2, 0.25) is 10.9 Å². The average Bonchev–Trinajstić information content (AvgIpc) is 3.04. The van der Waals surface area contributed by atoms with Crippen molar-refractivity contribution in [2.75, 3.05) is 5.75 Å². The topological polar surface area (TPSA) is 59.3 Å². The Morgan fingerprint density at radius 3 is 3.04 bits per heavy atom. The molecule has 0 atom stereocenters. The maximum absolute atomic E-state index is 11.9. The number of nitrogens with one attached hydrogen (secondary N) is 1. The van der Waals surface area contributed by atoms with Crippen LogP contribution in [0.15, 0.2) is 30.5 Å². The molecule has 2 aromatic heterocycles. The van der Waals surface area contributed by atoms with Gasteiger partial charge in [-0.05, 0) is 18.6 Å². The predicted octanol–water partition coefficient (Wildman–Crippen LogP) is 3.30. The van der Waals surface area contributed by atoms with Crippen molar-refractivity contribution in [3.8, 4) is 0 Å². The molecule has 1 amide bonds. The third-order valence-corrected chi connectivity index (χ3v) is 5.30. The van der Waals surface area contributed by atoms with Crippen LogP contribution in [0, 0.1) is 6.92 Å². The number of aryl methyl sites for hydroxylation is 1. The summed E-state index contributed by atoms with van der Waals surface area (Å²) < 4.78 is 1.74. The molecule has 0 unspecified atom stereocenters. The first-order valence-corrected chi connectivity index (χ1v) is 9.36. The number of aromatic nitrogens is 3. The number of hydrogen-bond acceptors (Lipinski definition) is 5. The Morgan fingerprint density at radius 1 is 1.43 bits per heavy atom. The van der Waals surface area contributed by atoms with Gasteiger partial charge in [0.15, 0.2) is 0 Å². The highest BCUT2D eigenvalue weighted by molar-refractivity contribution is 7.99. The summed E-state index contributed by atoms with van der Waals surface area (Å²) in [6.07, 6.45) is 1.84. The van der Waals surface area contributed by atoms with Gasteiger partial charge < -0.3 is 5.32 Å². The van der Waals surface area contributed by atoms with Crippen LogP contribution in [-0.2, 0) is 17.1 Å². The van der Waals surface area contributed by atoms with E-state index in [2.05, 4.69) is 15.4 Å². The largest absolute Gasteiger partial charge is 0.350 e. The highest BCUT2D eigenvalue weighted by Gasteiger charge is 2.08. The molecule has 0 saturated carbocycles. The fourth-order valence-corrected chi connectivity index (χ4v) is 3.93. The number of halogens is 1. The maximum Gasteiger partial charge on any atom is 0.230 e. The molecule has 0 saturated heterocycles. The van der Waals surface area contributed by atoms with Crippen LogP contribution in [0.5, 0.6) is 0 Å². The van der Waals surface area contributed by atoms with E-state index in [0.29, 0.717) is 12.3 Å². The molecule has 0 bridgehead atoms. The molecule has 3 rings (SSSR count). The van der Waals surface area contributed by atoms with Crippen LogP contribution in [0.2, 0.25) is 5.02 Å². The summed E-state index contributed by atoms with van der Waals surface area (Å²) in [7, 11) is 0. The number of benzene rings is 1. The molecule has 0 aliphatic heterocycles. The van der Waals surface area contributed by atoms with E-state index in [-0.39, 0.29) is 5.91 Å². The van der Waals surface area contributed by atoms with Gasteiger partial charge in [-0.15, -0.1) is 11.8 Å². The molecule has 3 aromatic rings. The van der Waals surface area contributed by atoms with Crippen molar-refractivity contribution in [3.63, 3.8) is 0 Å². The predicted molar refractivity (Wildman–Crippen MR) is 95.1 cm³/mol. The second-order valence-corrected chi connectivity index (χ2v) is 7.49. The van der Waals surface area contributed by atoms with Crippen molar-refractivity contribution in [1.29, 1.82) is 0 Å². The smallest absolute Gasteiger partial charge is 0.230 e. The molecular weight excluding hydrogens is 352 g/mol. The van der Waals surface area contributed by atoms with Crippen molar-refractivity contribution in [2.24, 2.45) is 0 Å². The highest BCUT2D eigenvalue weighted by atomic mass is 35.5. The Bertz CT molecular complexity index is 798. The lowest BCUT2D eigenvalue weighted by molar-refractivity contribution is -0.118. The molecule has 0 aliphatic carbocycles. The van der Waals surface area contributed by atoms with E-state index in [1.165, 1.54) is 11.3 Å². The summed E-state index contributed by atoms with van der Waals surface area (Å²) in [5, 5.41) is 8.88. The number of fused-ring (bicyclic) bond motifs is 1. The Labute approximate surface area is 147 Å². The van der Waals surface area contributed by atoms with E-state index in [0.717, 1.165) is 32.0 Å². The summed E-state index contributed by atoms with van der Waals surface area (Å²) in [4.78, 5) is 17.2. The second kappa shape index (κ2) is 7.33. The lowest BCUT2D eigenvalue weighted by Crippen LogP contribution is -2.24. The number of rotatable bonds is 6. The SMILES string of the molecule is Cc1nn2cc(CNC(=O)CSCc3ccccc3Cl)nc2s1. The number of nitrogens with zero attached hydrogens (tertiary/aromatic N) is 3. The maximum atomic E-state index is 11.9. The Balaban J connectivity index is 1.44. The zero-order valence-corrected chi connectivity index (χ0v) is 14.8. The number of carbonyl (C=O) groups is 1. The van der Waals surface area contributed by atoms with Gasteiger partial charge in [0.1, 0.15) is 5.01 Å². The first-order chi connectivity index (χ1) is 11.1. The van der Waals surface area contributed by atoms with Gasteiger partial charge >= 0.3 is 0 Å². The molecule has 8 heteroatoms. The van der Waals surface area contributed by atoms with E-state index >= 15 is 0 Å². The van der Waals surface area contributed by atoms with Gasteiger partial charge in [0.05, 0.1) is 24.2 Å². The molecule has 0 aliphatic rings. The van der Waals surface area contributed by atoms with Gasteiger partial charge in [0.25, 0.3) is 0 Å². The zero-order chi connectivity index (χ0) is 16.2. The molecule has 2 heterocycles. The lowest BCUT2D eigenvalue weighted by Gasteiger charge is -2.05. The molecule has 1 aromatic carbocycles. The summed E-state index contributed by atoms with van der Waals surface area (Å²) in [5.41, 5.74) is 1.86. The van der Waals surface area contributed by atoms with Crippen LogP contribution in [0.25, 0.3) is 4.96 Å². The van der Waals surface area contributed by atoms with Crippen LogP contribution >= 0.6 is 34.7 Å². The average molecular weight is 367 g/mol. The lowest BCUT2D eigenvalue weighted by atomic mass is 10.2. The van der Waals surface area contributed by atoms with Crippen LogP contribution in [-0.4, -0.2) is 26.3 Å². The van der Waals surface area contributed by atoms with Gasteiger partial charge in [-0.3, -0.25) is 4.79 Å². The van der Waals surface area contributed by atoms with Crippen LogP contribution in [0.4, 0.5) is 0 Å². The first-order valence-electron chi connectivity index (χ1n) is 7.01. The van der Waals surface area contributed by atoms with Crippen LogP contribution in [0.3, 0.4) is 0 Å². The second-order valence-electron chi connectivity index (χ2n) is 4.94. The number of carbonyl (C=O) groups excluding carboxylic acids is 1. The Kier molecular flexibility index (Phi) is 5.20. The molecule has 1 N–H and O–H groups in total. The standard InChI is InChI=1S/C15H15ClN4OS2/c1-10-19-20-7-12(18-15(20)23-10)6-17-14(21)9-22-8-11-4-2-3-5-13(11)16/h2-5,7H,6,8-9H2,1H3,(H,17,21). The fourth-order valence-electron chi connectivity index (χ4n) is 2.04. The van der Waals surface area contributed by atoms with Gasteiger partial charge in [0, 0.05) is 10.8 Å². The normalized spacial score (nSPS) is 11.0. The fraction of sp³-hybridized carbons (Fsp3) is 0.267. The molecule has 0 spiro atoms. The van der Waals surface area contributed by atoms with E-state index in [1.807, 2.05) is 37.4 Å². The van der Waals surface area contributed by atoms with Crippen molar-refractivity contribution in [1.82, 2.24) is 19.9 Å². The number of imidazole rings is 1. The quantitative estimate of drug-likeness (QED) is 0.727. The Hall–Kier alpha value is -1.57. The molecule has 0 radical (unpaired) electrons. The van der Waals surface area contributed by atoms with Gasteiger partial charge in [-0.2, -0.15) is 5.10 Å². The van der Waals surface area contributed by atoms with Crippen LogP contribution < -0.4 is 5.32 Å². The highest BCUT2D eigenvalue weighted by Crippen LogP contribution is 2.20. The Morgan fingerprint density at radius 2 is 2.26 bits per heavy atom. The minimum absolute atomic E-state index is 0.0115. The summed E-state index contributed by atoms with van der Waals surface area (Å²) in [6.45, 7) is 2.36.